The van der Waals surface area contributed by atoms with Crippen LogP contribution in [0.15, 0.2) is 35.4 Å². The molecule has 0 radical (unpaired) electrons. The second-order valence-electron chi connectivity index (χ2n) is 3.67. The van der Waals surface area contributed by atoms with E-state index in [1.807, 2.05) is 13.0 Å². The maximum atomic E-state index is 5.50. The molecule has 0 aliphatic carbocycles. The van der Waals surface area contributed by atoms with Gasteiger partial charge in [-0.3, -0.25) is 5.84 Å². The summed E-state index contributed by atoms with van der Waals surface area (Å²) >= 11 is 0. The van der Waals surface area contributed by atoms with Crippen molar-refractivity contribution in [2.75, 3.05) is 0 Å². The lowest BCUT2D eigenvalue weighted by atomic mass is 10.1. The molecule has 0 bridgehead atoms. The summed E-state index contributed by atoms with van der Waals surface area (Å²) in [5.74, 6) is 6.19. The number of hydrazine groups is 1. The normalized spacial score (nSPS) is 12.6. The predicted octanol–water partition coefficient (Wildman–Crippen LogP) is 1.13. The largest absolute Gasteiger partial charge is 0.472 e. The van der Waals surface area contributed by atoms with Gasteiger partial charge in [0.1, 0.15) is 5.82 Å². The Hall–Kier alpha value is -1.72. The third-order valence-electron chi connectivity index (χ3n) is 2.33. The van der Waals surface area contributed by atoms with Gasteiger partial charge in [-0.2, -0.15) is 0 Å². The maximum absolute atomic E-state index is 5.50. The fourth-order valence-corrected chi connectivity index (χ4v) is 1.45. The monoisotopic (exact) mass is 218 g/mol. The standard InChI is InChI=1S/C11H14N4O/c1-8-5-13-11(14-6-8)10(15-12)4-9-2-3-16-7-9/h2-3,5-7,10,15H,4,12H2,1H3. The van der Waals surface area contributed by atoms with Gasteiger partial charge in [0.2, 0.25) is 0 Å². The summed E-state index contributed by atoms with van der Waals surface area (Å²) in [6.07, 6.45) is 7.59. The van der Waals surface area contributed by atoms with E-state index in [4.69, 9.17) is 10.3 Å². The summed E-state index contributed by atoms with van der Waals surface area (Å²) in [4.78, 5) is 8.49. The molecule has 0 aromatic carbocycles. The van der Waals surface area contributed by atoms with Crippen LogP contribution >= 0.6 is 0 Å². The number of nitrogens with one attached hydrogen (secondary N) is 1. The van der Waals surface area contributed by atoms with Gasteiger partial charge in [-0.15, -0.1) is 0 Å². The Kier molecular flexibility index (Phi) is 3.28. The second-order valence-corrected chi connectivity index (χ2v) is 3.67. The van der Waals surface area contributed by atoms with Crippen molar-refractivity contribution < 1.29 is 4.42 Å². The first-order chi connectivity index (χ1) is 7.79. The van der Waals surface area contributed by atoms with Crippen LogP contribution in [-0.4, -0.2) is 9.97 Å². The van der Waals surface area contributed by atoms with E-state index < -0.39 is 0 Å². The van der Waals surface area contributed by atoms with E-state index in [-0.39, 0.29) is 6.04 Å². The molecule has 0 spiro atoms. The lowest BCUT2D eigenvalue weighted by Gasteiger charge is -2.13. The van der Waals surface area contributed by atoms with Crippen molar-refractivity contribution in [2.45, 2.75) is 19.4 Å². The summed E-state index contributed by atoms with van der Waals surface area (Å²) in [6, 6.07) is 1.80. The highest BCUT2D eigenvalue weighted by atomic mass is 16.3. The van der Waals surface area contributed by atoms with Gasteiger partial charge in [-0.05, 0) is 30.5 Å². The number of hydrogen-bond donors (Lipinski definition) is 2. The molecule has 0 aliphatic heterocycles. The first kappa shape index (κ1) is 10.8. The van der Waals surface area contributed by atoms with Gasteiger partial charge in [0.15, 0.2) is 0 Å². The Labute approximate surface area is 93.7 Å². The van der Waals surface area contributed by atoms with E-state index in [1.54, 1.807) is 24.9 Å². The number of aryl methyl sites for hydroxylation is 1. The van der Waals surface area contributed by atoms with E-state index in [9.17, 15) is 0 Å². The average Bonchev–Trinajstić information content (AvgIpc) is 2.80. The summed E-state index contributed by atoms with van der Waals surface area (Å²) in [5, 5.41) is 0. The van der Waals surface area contributed by atoms with Gasteiger partial charge in [0.25, 0.3) is 0 Å². The molecule has 2 rings (SSSR count). The fourth-order valence-electron chi connectivity index (χ4n) is 1.45. The molecule has 0 saturated heterocycles. The Morgan fingerprint density at radius 2 is 2.19 bits per heavy atom. The highest BCUT2D eigenvalue weighted by Crippen LogP contribution is 2.14. The molecule has 84 valence electrons. The zero-order valence-electron chi connectivity index (χ0n) is 9.05. The van der Waals surface area contributed by atoms with Crippen LogP contribution in [-0.2, 0) is 6.42 Å². The SMILES string of the molecule is Cc1cnc(C(Cc2ccoc2)NN)nc1. The number of hydrogen-bond acceptors (Lipinski definition) is 5. The number of furan rings is 1. The van der Waals surface area contributed by atoms with Crippen molar-refractivity contribution in [3.63, 3.8) is 0 Å². The molecular weight excluding hydrogens is 204 g/mol. The Bertz CT molecular complexity index is 424. The van der Waals surface area contributed by atoms with Crippen LogP contribution in [0.1, 0.15) is 23.0 Å². The number of nitrogens with two attached hydrogens (primary N) is 1. The third-order valence-corrected chi connectivity index (χ3v) is 2.33. The van der Waals surface area contributed by atoms with Crippen LogP contribution in [0.4, 0.5) is 0 Å². The quantitative estimate of drug-likeness (QED) is 0.594. The maximum Gasteiger partial charge on any atom is 0.146 e. The van der Waals surface area contributed by atoms with Gasteiger partial charge < -0.3 is 4.42 Å². The van der Waals surface area contributed by atoms with Gasteiger partial charge in [-0.1, -0.05) is 0 Å². The number of rotatable bonds is 4. The summed E-state index contributed by atoms with van der Waals surface area (Å²) in [6.45, 7) is 1.95. The zero-order valence-corrected chi connectivity index (χ0v) is 9.05. The molecule has 0 aliphatic rings. The van der Waals surface area contributed by atoms with E-state index in [2.05, 4.69) is 15.4 Å². The van der Waals surface area contributed by atoms with Gasteiger partial charge >= 0.3 is 0 Å². The molecule has 0 saturated carbocycles. The molecule has 3 N–H and O–H groups in total. The van der Waals surface area contributed by atoms with Crippen LogP contribution in [0.5, 0.6) is 0 Å². The Morgan fingerprint density at radius 3 is 2.75 bits per heavy atom. The highest BCUT2D eigenvalue weighted by molar-refractivity contribution is 5.11. The van der Waals surface area contributed by atoms with Crippen LogP contribution < -0.4 is 11.3 Å². The van der Waals surface area contributed by atoms with Crippen LogP contribution in [0.3, 0.4) is 0 Å². The zero-order chi connectivity index (χ0) is 11.4. The molecule has 0 fully saturated rings. The molecule has 2 aromatic heterocycles. The minimum atomic E-state index is -0.0989. The molecular formula is C11H14N4O. The third kappa shape index (κ3) is 2.44. The minimum absolute atomic E-state index is 0.0989. The van der Waals surface area contributed by atoms with Crippen LogP contribution in [0.25, 0.3) is 0 Å². The second kappa shape index (κ2) is 4.87. The smallest absolute Gasteiger partial charge is 0.146 e. The van der Waals surface area contributed by atoms with Gasteiger partial charge in [0.05, 0.1) is 18.6 Å². The molecule has 2 heterocycles. The summed E-state index contributed by atoms with van der Waals surface area (Å²) < 4.78 is 5.01. The average molecular weight is 218 g/mol. The van der Waals surface area contributed by atoms with Gasteiger partial charge in [0, 0.05) is 12.4 Å². The molecule has 2 aromatic rings. The van der Waals surface area contributed by atoms with Crippen LogP contribution in [0.2, 0.25) is 0 Å². The summed E-state index contributed by atoms with van der Waals surface area (Å²) in [5.41, 5.74) is 4.80. The van der Waals surface area contributed by atoms with Crippen molar-refractivity contribution in [3.8, 4) is 0 Å². The van der Waals surface area contributed by atoms with Crippen LogP contribution in [0, 0.1) is 6.92 Å². The topological polar surface area (TPSA) is 77.0 Å². The lowest BCUT2D eigenvalue weighted by molar-refractivity contribution is 0.514. The Morgan fingerprint density at radius 1 is 1.44 bits per heavy atom. The number of nitrogens with zero attached hydrogens (tertiary/aromatic N) is 2. The molecule has 1 unspecified atom stereocenters. The minimum Gasteiger partial charge on any atom is -0.472 e. The van der Waals surface area contributed by atoms with Crippen molar-refractivity contribution in [1.82, 2.24) is 15.4 Å². The van der Waals surface area contributed by atoms with Crippen molar-refractivity contribution in [2.24, 2.45) is 5.84 Å². The molecule has 16 heavy (non-hydrogen) atoms. The van der Waals surface area contributed by atoms with E-state index >= 15 is 0 Å². The highest BCUT2D eigenvalue weighted by Gasteiger charge is 2.13. The van der Waals surface area contributed by atoms with Crippen molar-refractivity contribution >= 4 is 0 Å². The van der Waals surface area contributed by atoms with Crippen molar-refractivity contribution in [3.05, 3.63) is 47.9 Å². The Balaban J connectivity index is 2.13. The van der Waals surface area contributed by atoms with Gasteiger partial charge in [-0.25, -0.2) is 15.4 Å². The van der Waals surface area contributed by atoms with E-state index in [0.29, 0.717) is 12.2 Å². The van der Waals surface area contributed by atoms with E-state index in [1.165, 1.54) is 0 Å². The molecule has 5 heteroatoms. The molecule has 0 amide bonds. The first-order valence-electron chi connectivity index (χ1n) is 5.05. The molecule has 1 atom stereocenters. The molecule has 5 nitrogen and oxygen atoms in total. The summed E-state index contributed by atoms with van der Waals surface area (Å²) in [7, 11) is 0. The lowest BCUT2D eigenvalue weighted by Crippen LogP contribution is -2.30. The number of aromatic nitrogens is 2. The fraction of sp³-hybridized carbons (Fsp3) is 0.273. The van der Waals surface area contributed by atoms with Crippen molar-refractivity contribution in [1.29, 1.82) is 0 Å². The predicted molar refractivity (Wildman–Crippen MR) is 59.2 cm³/mol. The van der Waals surface area contributed by atoms with E-state index in [0.717, 1.165) is 11.1 Å². The first-order valence-corrected chi connectivity index (χ1v) is 5.05.